The molecule has 1 heterocycles. The number of hydrogen-bond acceptors (Lipinski definition) is 4. The van der Waals surface area contributed by atoms with Crippen LogP contribution in [-0.4, -0.2) is 42.8 Å². The molecule has 1 fully saturated rings. The molecular weight excluding hydrogens is 318 g/mol. The minimum atomic E-state index is -0.504. The summed E-state index contributed by atoms with van der Waals surface area (Å²) in [6.45, 7) is 0.358. The van der Waals surface area contributed by atoms with Gasteiger partial charge in [0.15, 0.2) is 0 Å². The summed E-state index contributed by atoms with van der Waals surface area (Å²) in [5.41, 5.74) is 1.91. The van der Waals surface area contributed by atoms with Gasteiger partial charge in [0.05, 0.1) is 32.8 Å². The smallest absolute Gasteiger partial charge is 0.227 e. The number of benzene rings is 2. The van der Waals surface area contributed by atoms with E-state index in [1.165, 1.54) is 0 Å². The van der Waals surface area contributed by atoms with Crippen molar-refractivity contribution in [3.05, 3.63) is 59.7 Å². The fourth-order valence-corrected chi connectivity index (χ4v) is 3.27. The van der Waals surface area contributed by atoms with E-state index in [1.54, 1.807) is 19.1 Å². The third-order valence-corrected chi connectivity index (χ3v) is 4.59. The number of carbonyl (C=O) groups is 1. The molecule has 2 unspecified atom stereocenters. The van der Waals surface area contributed by atoms with Gasteiger partial charge in [-0.2, -0.15) is 0 Å². The molecule has 1 aliphatic rings. The molecule has 1 N–H and O–H groups in total. The highest BCUT2D eigenvalue weighted by molar-refractivity contribution is 5.79. The third kappa shape index (κ3) is 3.94. The summed E-state index contributed by atoms with van der Waals surface area (Å²) in [5.74, 6) is 1.53. The van der Waals surface area contributed by atoms with Gasteiger partial charge in [-0.25, -0.2) is 0 Å². The Morgan fingerprint density at radius 2 is 1.84 bits per heavy atom. The largest absolute Gasteiger partial charge is 0.497 e. The average Bonchev–Trinajstić information content (AvgIpc) is 3.04. The maximum atomic E-state index is 12.8. The first-order valence-electron chi connectivity index (χ1n) is 8.35. The number of methoxy groups -OCH3 is 2. The predicted octanol–water partition coefficient (Wildman–Crippen LogP) is 2.58. The normalized spacial score (nSPS) is 19.7. The van der Waals surface area contributed by atoms with Crippen LogP contribution >= 0.6 is 0 Å². The molecule has 2 atom stereocenters. The number of likely N-dealkylation sites (tertiary alicyclic amines) is 1. The summed E-state index contributed by atoms with van der Waals surface area (Å²) >= 11 is 0. The summed E-state index contributed by atoms with van der Waals surface area (Å²) in [5, 5.41) is 10.1. The second-order valence-corrected chi connectivity index (χ2v) is 6.25. The highest BCUT2D eigenvalue weighted by Gasteiger charge is 2.35. The Morgan fingerprint density at radius 1 is 1.12 bits per heavy atom. The van der Waals surface area contributed by atoms with Crippen LogP contribution in [-0.2, 0) is 11.2 Å². The molecule has 25 heavy (non-hydrogen) atoms. The van der Waals surface area contributed by atoms with Gasteiger partial charge >= 0.3 is 0 Å². The van der Waals surface area contributed by atoms with Gasteiger partial charge in [0.25, 0.3) is 0 Å². The van der Waals surface area contributed by atoms with Gasteiger partial charge in [-0.15, -0.1) is 0 Å². The van der Waals surface area contributed by atoms with Crippen molar-refractivity contribution in [2.75, 3.05) is 20.8 Å². The molecule has 0 spiro atoms. The lowest BCUT2D eigenvalue weighted by molar-refractivity contribution is -0.131. The zero-order valence-electron chi connectivity index (χ0n) is 14.5. The summed E-state index contributed by atoms with van der Waals surface area (Å²) in [6.07, 6.45) is 0.342. The number of aliphatic hydroxyl groups excluding tert-OH is 1. The Kier molecular flexibility index (Phi) is 5.24. The Labute approximate surface area is 147 Å². The predicted molar refractivity (Wildman–Crippen MR) is 94.8 cm³/mol. The number of aliphatic hydroxyl groups is 1. The average molecular weight is 341 g/mol. The quantitative estimate of drug-likeness (QED) is 0.908. The minimum absolute atomic E-state index is 0.00883. The zero-order chi connectivity index (χ0) is 17.8. The van der Waals surface area contributed by atoms with Crippen LogP contribution in [0.4, 0.5) is 0 Å². The Bertz CT molecular complexity index is 729. The standard InChI is InChI=1S/C20H23NO4/c1-24-17-8-6-14(7-9-17)10-20(23)21-13-16(22)12-19(21)15-4-3-5-18(11-15)25-2/h3-9,11,16,19,22H,10,12-13H2,1-2H3. The van der Waals surface area contributed by atoms with Gasteiger partial charge in [-0.1, -0.05) is 24.3 Å². The topological polar surface area (TPSA) is 59.0 Å². The van der Waals surface area contributed by atoms with Gasteiger partial charge in [0.2, 0.25) is 5.91 Å². The number of rotatable bonds is 5. The van der Waals surface area contributed by atoms with Crippen LogP contribution in [0.15, 0.2) is 48.5 Å². The number of ether oxygens (including phenoxy) is 2. The lowest BCUT2D eigenvalue weighted by Gasteiger charge is -2.25. The SMILES string of the molecule is COc1ccc(CC(=O)N2CC(O)CC2c2cccc(OC)c2)cc1. The van der Waals surface area contributed by atoms with Crippen LogP contribution in [0, 0.1) is 0 Å². The van der Waals surface area contributed by atoms with E-state index in [0.717, 1.165) is 22.6 Å². The maximum absolute atomic E-state index is 12.8. The first kappa shape index (κ1) is 17.3. The van der Waals surface area contributed by atoms with E-state index in [-0.39, 0.29) is 11.9 Å². The molecule has 2 aromatic carbocycles. The van der Waals surface area contributed by atoms with Crippen molar-refractivity contribution in [3.63, 3.8) is 0 Å². The van der Waals surface area contributed by atoms with Crippen LogP contribution in [0.1, 0.15) is 23.6 Å². The highest BCUT2D eigenvalue weighted by Crippen LogP contribution is 2.34. The Morgan fingerprint density at radius 3 is 2.52 bits per heavy atom. The molecule has 0 saturated carbocycles. The monoisotopic (exact) mass is 341 g/mol. The Hall–Kier alpha value is -2.53. The first-order chi connectivity index (χ1) is 12.1. The summed E-state index contributed by atoms with van der Waals surface area (Å²) in [7, 11) is 3.24. The van der Waals surface area contributed by atoms with Crippen molar-refractivity contribution >= 4 is 5.91 Å². The number of β-amino-alcohol motifs (C(OH)–C–C–N with tert-alkyl or cyclic N) is 1. The molecule has 1 amide bonds. The molecule has 2 aromatic rings. The molecule has 0 bridgehead atoms. The van der Waals surface area contributed by atoms with Gasteiger partial charge in [-0.05, 0) is 41.8 Å². The van der Waals surface area contributed by atoms with E-state index in [0.29, 0.717) is 19.4 Å². The number of nitrogens with zero attached hydrogens (tertiary/aromatic N) is 1. The van der Waals surface area contributed by atoms with Crippen molar-refractivity contribution in [1.29, 1.82) is 0 Å². The Balaban J connectivity index is 1.76. The maximum Gasteiger partial charge on any atom is 0.227 e. The van der Waals surface area contributed by atoms with Crippen molar-refractivity contribution in [1.82, 2.24) is 4.90 Å². The number of amides is 1. The van der Waals surface area contributed by atoms with Crippen LogP contribution < -0.4 is 9.47 Å². The van der Waals surface area contributed by atoms with Crippen LogP contribution in [0.25, 0.3) is 0 Å². The molecule has 5 nitrogen and oxygen atoms in total. The van der Waals surface area contributed by atoms with E-state index in [4.69, 9.17) is 9.47 Å². The molecule has 132 valence electrons. The highest BCUT2D eigenvalue weighted by atomic mass is 16.5. The van der Waals surface area contributed by atoms with Crippen molar-refractivity contribution < 1.29 is 19.4 Å². The van der Waals surface area contributed by atoms with Crippen molar-refractivity contribution in [2.45, 2.75) is 25.0 Å². The molecule has 1 saturated heterocycles. The van der Waals surface area contributed by atoms with Gasteiger partial charge in [-0.3, -0.25) is 4.79 Å². The number of hydrogen-bond donors (Lipinski definition) is 1. The minimum Gasteiger partial charge on any atom is -0.497 e. The fourth-order valence-electron chi connectivity index (χ4n) is 3.27. The van der Waals surface area contributed by atoms with Gasteiger partial charge in [0, 0.05) is 6.54 Å². The molecule has 3 rings (SSSR count). The van der Waals surface area contributed by atoms with E-state index < -0.39 is 6.10 Å². The lowest BCUT2D eigenvalue weighted by atomic mass is 10.0. The van der Waals surface area contributed by atoms with Crippen molar-refractivity contribution in [3.8, 4) is 11.5 Å². The molecule has 1 aliphatic heterocycles. The zero-order valence-corrected chi connectivity index (χ0v) is 14.5. The molecule has 0 radical (unpaired) electrons. The molecule has 5 heteroatoms. The van der Waals surface area contributed by atoms with Gasteiger partial charge in [0.1, 0.15) is 11.5 Å². The summed E-state index contributed by atoms with van der Waals surface area (Å²) in [6, 6.07) is 15.0. The van der Waals surface area contributed by atoms with E-state index in [2.05, 4.69) is 0 Å². The van der Waals surface area contributed by atoms with Crippen LogP contribution in [0.5, 0.6) is 11.5 Å². The van der Waals surface area contributed by atoms with Crippen LogP contribution in [0.2, 0.25) is 0 Å². The second-order valence-electron chi connectivity index (χ2n) is 6.25. The first-order valence-corrected chi connectivity index (χ1v) is 8.35. The molecule has 0 aromatic heterocycles. The summed E-state index contributed by atoms with van der Waals surface area (Å²) in [4.78, 5) is 14.6. The lowest BCUT2D eigenvalue weighted by Crippen LogP contribution is -2.33. The van der Waals surface area contributed by atoms with E-state index in [9.17, 15) is 9.90 Å². The number of carbonyl (C=O) groups excluding carboxylic acids is 1. The van der Waals surface area contributed by atoms with Crippen molar-refractivity contribution in [2.24, 2.45) is 0 Å². The summed E-state index contributed by atoms with van der Waals surface area (Å²) < 4.78 is 10.4. The molecular formula is C20H23NO4. The molecule has 0 aliphatic carbocycles. The van der Waals surface area contributed by atoms with E-state index >= 15 is 0 Å². The second kappa shape index (κ2) is 7.57. The van der Waals surface area contributed by atoms with E-state index in [1.807, 2.05) is 48.5 Å². The van der Waals surface area contributed by atoms with Crippen LogP contribution in [0.3, 0.4) is 0 Å². The fraction of sp³-hybridized carbons (Fsp3) is 0.350. The third-order valence-electron chi connectivity index (χ3n) is 4.59. The van der Waals surface area contributed by atoms with Gasteiger partial charge < -0.3 is 19.5 Å².